The number of urea groups is 1. The number of benzene rings is 2. The van der Waals surface area contributed by atoms with Gasteiger partial charge in [-0.25, -0.2) is 14.2 Å². The second kappa shape index (κ2) is 7.83. The largest absolute Gasteiger partial charge is 0.497 e. The summed E-state index contributed by atoms with van der Waals surface area (Å²) in [4.78, 5) is 17.7. The van der Waals surface area contributed by atoms with E-state index in [1.54, 1.807) is 32.4 Å². The summed E-state index contributed by atoms with van der Waals surface area (Å²) in [5, 5.41) is 3.54. The first kappa shape index (κ1) is 17.7. The molecule has 0 radical (unpaired) electrons. The van der Waals surface area contributed by atoms with Crippen LogP contribution in [-0.2, 0) is 0 Å². The molecule has 0 aliphatic carbocycles. The predicted molar refractivity (Wildman–Crippen MR) is 99.0 cm³/mol. The van der Waals surface area contributed by atoms with Crippen molar-refractivity contribution in [3.63, 3.8) is 0 Å². The number of anilines is 2. The molecule has 3 rings (SSSR count). The zero-order valence-electron chi connectivity index (χ0n) is 14.1. The van der Waals surface area contributed by atoms with E-state index in [1.165, 1.54) is 40.6 Å². The maximum absolute atomic E-state index is 13.3. The second-order valence-electron chi connectivity index (χ2n) is 5.23. The molecule has 2 amide bonds. The standard InChI is InChI=1S/C18H16FN3O3S/c1-22(13-6-3-5-12(19)9-13)18(23)21-17-20-11-16(26-17)25-15-8-4-7-14(10-15)24-2/h3-11H,1-2H3,(H,20,21,23). The molecule has 0 saturated carbocycles. The Hall–Kier alpha value is -3.13. The highest BCUT2D eigenvalue weighted by atomic mass is 32.1. The molecule has 1 aromatic heterocycles. The molecule has 0 unspecified atom stereocenters. The zero-order chi connectivity index (χ0) is 18.5. The van der Waals surface area contributed by atoms with Crippen molar-refractivity contribution in [3.8, 4) is 16.6 Å². The highest BCUT2D eigenvalue weighted by Crippen LogP contribution is 2.32. The molecule has 0 bridgehead atoms. The van der Waals surface area contributed by atoms with Gasteiger partial charge in [0.25, 0.3) is 0 Å². The van der Waals surface area contributed by atoms with Crippen molar-refractivity contribution < 1.29 is 18.7 Å². The smallest absolute Gasteiger partial charge is 0.327 e. The molecule has 0 fully saturated rings. The molecule has 0 saturated heterocycles. The quantitative estimate of drug-likeness (QED) is 0.701. The number of ether oxygens (including phenoxy) is 2. The molecule has 0 spiro atoms. The van der Waals surface area contributed by atoms with Crippen LogP contribution in [-0.4, -0.2) is 25.2 Å². The summed E-state index contributed by atoms with van der Waals surface area (Å²) in [6.45, 7) is 0. The summed E-state index contributed by atoms with van der Waals surface area (Å²) in [6.07, 6.45) is 1.52. The summed E-state index contributed by atoms with van der Waals surface area (Å²) >= 11 is 1.18. The van der Waals surface area contributed by atoms with E-state index in [9.17, 15) is 9.18 Å². The minimum absolute atomic E-state index is 0.371. The lowest BCUT2D eigenvalue weighted by atomic mass is 10.3. The van der Waals surface area contributed by atoms with Crippen LogP contribution in [0.2, 0.25) is 0 Å². The fraction of sp³-hybridized carbons (Fsp3) is 0.111. The van der Waals surface area contributed by atoms with Crippen molar-refractivity contribution in [2.75, 3.05) is 24.4 Å². The van der Waals surface area contributed by atoms with E-state index >= 15 is 0 Å². The van der Waals surface area contributed by atoms with E-state index in [1.807, 2.05) is 12.1 Å². The first-order valence-corrected chi connectivity index (χ1v) is 8.45. The van der Waals surface area contributed by atoms with Crippen LogP contribution in [0.25, 0.3) is 0 Å². The first-order valence-electron chi connectivity index (χ1n) is 7.63. The van der Waals surface area contributed by atoms with Crippen LogP contribution >= 0.6 is 11.3 Å². The Morgan fingerprint density at radius 1 is 1.19 bits per heavy atom. The van der Waals surface area contributed by atoms with Crippen LogP contribution in [0, 0.1) is 5.82 Å². The number of nitrogens with one attached hydrogen (secondary N) is 1. The van der Waals surface area contributed by atoms with Gasteiger partial charge in [0, 0.05) is 18.8 Å². The van der Waals surface area contributed by atoms with Crippen molar-refractivity contribution >= 4 is 28.2 Å². The second-order valence-corrected chi connectivity index (χ2v) is 6.23. The number of halogens is 1. The number of hydrogen-bond acceptors (Lipinski definition) is 5. The Bertz CT molecular complexity index is 916. The van der Waals surface area contributed by atoms with E-state index in [2.05, 4.69) is 10.3 Å². The topological polar surface area (TPSA) is 63.7 Å². The molecule has 1 N–H and O–H groups in total. The molecule has 3 aromatic rings. The highest BCUT2D eigenvalue weighted by Gasteiger charge is 2.14. The van der Waals surface area contributed by atoms with Gasteiger partial charge in [-0.15, -0.1) is 0 Å². The zero-order valence-corrected chi connectivity index (χ0v) is 14.9. The third-order valence-electron chi connectivity index (χ3n) is 3.46. The summed E-state index contributed by atoms with van der Waals surface area (Å²) < 4.78 is 24.1. The molecule has 1 heterocycles. The molecular formula is C18H16FN3O3S. The van der Waals surface area contributed by atoms with Gasteiger partial charge in [0.15, 0.2) is 5.13 Å². The van der Waals surface area contributed by atoms with Gasteiger partial charge in [-0.05, 0) is 30.3 Å². The minimum atomic E-state index is -0.433. The Morgan fingerprint density at radius 3 is 2.73 bits per heavy atom. The van der Waals surface area contributed by atoms with Crippen molar-refractivity contribution in [3.05, 3.63) is 60.5 Å². The molecule has 8 heteroatoms. The summed E-state index contributed by atoms with van der Waals surface area (Å²) in [5.74, 6) is 0.866. The Balaban J connectivity index is 1.65. The lowest BCUT2D eigenvalue weighted by Gasteiger charge is -2.16. The van der Waals surface area contributed by atoms with Crippen molar-refractivity contribution in [1.82, 2.24) is 4.98 Å². The Kier molecular flexibility index (Phi) is 5.33. The van der Waals surface area contributed by atoms with Crippen molar-refractivity contribution in [2.24, 2.45) is 0 Å². The number of hydrogen-bond donors (Lipinski definition) is 1. The normalized spacial score (nSPS) is 10.3. The number of thiazole rings is 1. The van der Waals surface area contributed by atoms with Crippen LogP contribution in [0.15, 0.2) is 54.7 Å². The number of methoxy groups -OCH3 is 1. The number of amides is 2. The van der Waals surface area contributed by atoms with E-state index in [-0.39, 0.29) is 0 Å². The third-order valence-corrected chi connectivity index (χ3v) is 4.25. The van der Waals surface area contributed by atoms with Gasteiger partial charge < -0.3 is 9.47 Å². The van der Waals surface area contributed by atoms with E-state index in [4.69, 9.17) is 9.47 Å². The Labute approximate surface area is 153 Å². The molecule has 2 aromatic carbocycles. The van der Waals surface area contributed by atoms with Gasteiger partial charge in [-0.2, -0.15) is 0 Å². The summed E-state index contributed by atoms with van der Waals surface area (Å²) in [5.41, 5.74) is 0.437. The number of nitrogens with zero attached hydrogens (tertiary/aromatic N) is 2. The first-order chi connectivity index (χ1) is 12.5. The maximum atomic E-state index is 13.3. The van der Waals surface area contributed by atoms with Gasteiger partial charge in [0.1, 0.15) is 17.3 Å². The molecule has 0 aliphatic rings. The monoisotopic (exact) mass is 373 g/mol. The van der Waals surface area contributed by atoms with E-state index < -0.39 is 11.8 Å². The maximum Gasteiger partial charge on any atom is 0.327 e. The Morgan fingerprint density at radius 2 is 1.96 bits per heavy atom. The SMILES string of the molecule is COc1cccc(Oc2cnc(NC(=O)N(C)c3cccc(F)c3)s2)c1. The van der Waals surface area contributed by atoms with Gasteiger partial charge in [-0.1, -0.05) is 23.5 Å². The summed E-state index contributed by atoms with van der Waals surface area (Å²) in [6, 6.07) is 12.5. The van der Waals surface area contributed by atoms with Crippen LogP contribution in [0.5, 0.6) is 16.6 Å². The van der Waals surface area contributed by atoms with E-state index in [0.29, 0.717) is 27.4 Å². The van der Waals surface area contributed by atoms with Crippen LogP contribution < -0.4 is 19.7 Å². The van der Waals surface area contributed by atoms with Gasteiger partial charge in [0.2, 0.25) is 5.06 Å². The molecule has 0 aliphatic heterocycles. The average Bonchev–Trinajstić information content (AvgIpc) is 3.08. The highest BCUT2D eigenvalue weighted by molar-refractivity contribution is 7.17. The lowest BCUT2D eigenvalue weighted by molar-refractivity contribution is 0.258. The van der Waals surface area contributed by atoms with Gasteiger partial charge in [0.05, 0.1) is 13.3 Å². The fourth-order valence-corrected chi connectivity index (χ4v) is 2.80. The van der Waals surface area contributed by atoms with Gasteiger partial charge >= 0.3 is 6.03 Å². The van der Waals surface area contributed by atoms with Crippen LogP contribution in [0.3, 0.4) is 0 Å². The van der Waals surface area contributed by atoms with Crippen molar-refractivity contribution in [2.45, 2.75) is 0 Å². The number of rotatable bonds is 5. The van der Waals surface area contributed by atoms with E-state index in [0.717, 1.165) is 0 Å². The molecule has 0 atom stereocenters. The molecule has 134 valence electrons. The number of carbonyl (C=O) groups is 1. The lowest BCUT2D eigenvalue weighted by Crippen LogP contribution is -2.31. The molecule has 6 nitrogen and oxygen atoms in total. The predicted octanol–water partition coefficient (Wildman–Crippen LogP) is 4.75. The van der Waals surface area contributed by atoms with Crippen LogP contribution in [0.4, 0.5) is 20.0 Å². The number of aromatic nitrogens is 1. The summed E-state index contributed by atoms with van der Waals surface area (Å²) in [7, 11) is 3.12. The van der Waals surface area contributed by atoms with Crippen molar-refractivity contribution in [1.29, 1.82) is 0 Å². The third kappa shape index (κ3) is 4.28. The molecular weight excluding hydrogens is 357 g/mol. The van der Waals surface area contributed by atoms with Gasteiger partial charge in [-0.3, -0.25) is 10.2 Å². The van der Waals surface area contributed by atoms with Crippen LogP contribution in [0.1, 0.15) is 0 Å². The average molecular weight is 373 g/mol. The minimum Gasteiger partial charge on any atom is -0.497 e. The molecule has 26 heavy (non-hydrogen) atoms. The fourth-order valence-electron chi connectivity index (χ4n) is 2.12. The number of carbonyl (C=O) groups excluding carboxylic acids is 1.